The average molecular weight is 470 g/mol. The number of alkyl halides is 3. The number of anilines is 1. The Kier molecular flexibility index (Phi) is 6.09. The molecular formula is C24H30F3NO3S. The summed E-state index contributed by atoms with van der Waals surface area (Å²) in [5.41, 5.74) is -2.00. The number of rotatable bonds is 5. The molecule has 1 unspecified atom stereocenters. The van der Waals surface area contributed by atoms with Gasteiger partial charge in [0.25, 0.3) is 0 Å². The number of benzene rings is 2. The van der Waals surface area contributed by atoms with Crippen molar-refractivity contribution in [2.75, 3.05) is 11.4 Å². The van der Waals surface area contributed by atoms with E-state index in [1.54, 1.807) is 6.07 Å². The molecule has 3 rings (SSSR count). The van der Waals surface area contributed by atoms with Crippen LogP contribution in [-0.2, 0) is 15.5 Å². The van der Waals surface area contributed by atoms with Crippen LogP contribution in [0.3, 0.4) is 0 Å². The summed E-state index contributed by atoms with van der Waals surface area (Å²) in [6.07, 6.45) is 1.05. The first-order valence-corrected chi connectivity index (χ1v) is 12.0. The van der Waals surface area contributed by atoms with E-state index in [-0.39, 0.29) is 11.3 Å². The monoisotopic (exact) mass is 469 g/mol. The topological polar surface area (TPSA) is 46.6 Å². The number of hydrogen-bond donors (Lipinski definition) is 0. The Balaban J connectivity index is 2.03. The molecule has 0 bridgehead atoms. The van der Waals surface area contributed by atoms with Gasteiger partial charge in [0.15, 0.2) is 0 Å². The molecule has 2 aromatic carbocycles. The van der Waals surface area contributed by atoms with E-state index in [1.807, 2.05) is 19.9 Å². The lowest BCUT2D eigenvalue weighted by atomic mass is 9.75. The van der Waals surface area contributed by atoms with Crippen LogP contribution in [0.4, 0.5) is 18.9 Å². The fraction of sp³-hybridized carbons (Fsp3) is 0.500. The van der Waals surface area contributed by atoms with Crippen LogP contribution in [0.1, 0.15) is 70.6 Å². The molecule has 1 atom stereocenters. The standard InChI is InChI=1S/C24H30F3NO3S/c1-7-28-21-14-18(11-12-20(21)16(2)15-22(28,3)4)23(5,6)17-9-8-10-19(13-17)31-32(29,30)24(25,26)27/h8-14,16H,7,15H2,1-6H3. The lowest BCUT2D eigenvalue weighted by Gasteiger charge is -2.47. The summed E-state index contributed by atoms with van der Waals surface area (Å²) < 4.78 is 65.4. The predicted octanol–water partition coefficient (Wildman–Crippen LogP) is 6.35. The summed E-state index contributed by atoms with van der Waals surface area (Å²) >= 11 is 0. The summed E-state index contributed by atoms with van der Waals surface area (Å²) in [6, 6.07) is 12.1. The van der Waals surface area contributed by atoms with Crippen molar-refractivity contribution >= 4 is 15.8 Å². The average Bonchev–Trinajstić information content (AvgIpc) is 2.66. The second-order valence-electron chi connectivity index (χ2n) is 9.57. The first-order valence-electron chi connectivity index (χ1n) is 10.6. The molecule has 4 nitrogen and oxygen atoms in total. The molecule has 0 radical (unpaired) electrons. The molecule has 1 heterocycles. The van der Waals surface area contributed by atoms with Gasteiger partial charge in [-0.15, -0.1) is 0 Å². The van der Waals surface area contributed by atoms with Crippen LogP contribution < -0.4 is 9.08 Å². The van der Waals surface area contributed by atoms with Crippen molar-refractivity contribution in [2.24, 2.45) is 0 Å². The molecule has 32 heavy (non-hydrogen) atoms. The highest BCUT2D eigenvalue weighted by atomic mass is 32.2. The second kappa shape index (κ2) is 7.97. The number of fused-ring (bicyclic) bond motifs is 1. The minimum atomic E-state index is -5.73. The molecule has 0 saturated heterocycles. The van der Waals surface area contributed by atoms with E-state index in [9.17, 15) is 21.6 Å². The molecule has 0 amide bonds. The Hall–Kier alpha value is -2.22. The molecule has 0 aliphatic carbocycles. The first kappa shape index (κ1) is 24.4. The van der Waals surface area contributed by atoms with Crippen LogP contribution in [0, 0.1) is 0 Å². The second-order valence-corrected chi connectivity index (χ2v) is 11.1. The van der Waals surface area contributed by atoms with E-state index in [4.69, 9.17) is 0 Å². The van der Waals surface area contributed by atoms with Gasteiger partial charge in [-0.05, 0) is 68.0 Å². The van der Waals surface area contributed by atoms with Crippen molar-refractivity contribution in [3.8, 4) is 5.75 Å². The zero-order valence-corrected chi connectivity index (χ0v) is 20.1. The van der Waals surface area contributed by atoms with Gasteiger partial charge in [0, 0.05) is 23.2 Å². The molecule has 0 spiro atoms. The van der Waals surface area contributed by atoms with E-state index in [0.717, 1.165) is 24.2 Å². The molecule has 1 aliphatic heterocycles. The first-order chi connectivity index (χ1) is 14.6. The maximum atomic E-state index is 12.7. The van der Waals surface area contributed by atoms with Gasteiger partial charge in [-0.1, -0.05) is 45.0 Å². The van der Waals surface area contributed by atoms with Crippen LogP contribution in [0.2, 0.25) is 0 Å². The lowest BCUT2D eigenvalue weighted by Crippen LogP contribution is -2.48. The van der Waals surface area contributed by atoms with Crippen LogP contribution >= 0.6 is 0 Å². The number of hydrogen-bond acceptors (Lipinski definition) is 4. The molecule has 0 saturated carbocycles. The predicted molar refractivity (Wildman–Crippen MR) is 121 cm³/mol. The number of nitrogens with zero attached hydrogens (tertiary/aromatic N) is 1. The van der Waals surface area contributed by atoms with Crippen molar-refractivity contribution < 1.29 is 25.8 Å². The lowest BCUT2D eigenvalue weighted by molar-refractivity contribution is -0.0500. The van der Waals surface area contributed by atoms with E-state index < -0.39 is 21.0 Å². The molecular weight excluding hydrogens is 439 g/mol. The largest absolute Gasteiger partial charge is 0.534 e. The Bertz CT molecular complexity index is 1110. The maximum absolute atomic E-state index is 12.7. The fourth-order valence-electron chi connectivity index (χ4n) is 4.75. The zero-order chi connectivity index (χ0) is 24.1. The zero-order valence-electron chi connectivity index (χ0n) is 19.2. The smallest absolute Gasteiger partial charge is 0.376 e. The Morgan fingerprint density at radius 2 is 1.72 bits per heavy atom. The SMILES string of the molecule is CCN1c2cc(C(C)(C)c3cccc(OS(=O)(=O)C(F)(F)F)c3)ccc2C(C)CC1(C)C. The van der Waals surface area contributed by atoms with E-state index >= 15 is 0 Å². The third kappa shape index (κ3) is 4.34. The van der Waals surface area contributed by atoms with Gasteiger partial charge in [-0.25, -0.2) is 0 Å². The van der Waals surface area contributed by atoms with Crippen LogP contribution in [0.25, 0.3) is 0 Å². The fourth-order valence-corrected chi connectivity index (χ4v) is 5.21. The van der Waals surface area contributed by atoms with Crippen molar-refractivity contribution in [1.82, 2.24) is 0 Å². The van der Waals surface area contributed by atoms with Crippen molar-refractivity contribution in [3.05, 3.63) is 59.2 Å². The van der Waals surface area contributed by atoms with Gasteiger partial charge >= 0.3 is 15.6 Å². The summed E-state index contributed by atoms with van der Waals surface area (Å²) in [7, 11) is -5.73. The van der Waals surface area contributed by atoms with E-state index in [0.29, 0.717) is 11.5 Å². The Morgan fingerprint density at radius 3 is 2.31 bits per heavy atom. The van der Waals surface area contributed by atoms with Crippen LogP contribution in [0.15, 0.2) is 42.5 Å². The molecule has 8 heteroatoms. The molecule has 176 valence electrons. The third-order valence-corrected chi connectivity index (χ3v) is 7.45. The highest BCUT2D eigenvalue weighted by Gasteiger charge is 2.48. The Labute approximate surface area is 188 Å². The van der Waals surface area contributed by atoms with Gasteiger partial charge in [-0.3, -0.25) is 0 Å². The highest BCUT2D eigenvalue weighted by Crippen LogP contribution is 2.45. The Morgan fingerprint density at radius 1 is 1.09 bits per heavy atom. The molecule has 0 N–H and O–H groups in total. The van der Waals surface area contributed by atoms with Crippen molar-refractivity contribution in [1.29, 1.82) is 0 Å². The summed E-state index contributed by atoms with van der Waals surface area (Å²) in [4.78, 5) is 2.39. The third-order valence-electron chi connectivity index (χ3n) is 6.47. The van der Waals surface area contributed by atoms with Gasteiger partial charge in [-0.2, -0.15) is 21.6 Å². The normalized spacial score (nSPS) is 18.9. The van der Waals surface area contributed by atoms with Crippen LogP contribution in [0.5, 0.6) is 5.75 Å². The summed E-state index contributed by atoms with van der Waals surface area (Å²) in [6.45, 7) is 13.6. The van der Waals surface area contributed by atoms with E-state index in [2.05, 4.69) is 48.9 Å². The van der Waals surface area contributed by atoms with Gasteiger partial charge in [0.1, 0.15) is 5.75 Å². The maximum Gasteiger partial charge on any atom is 0.534 e. The van der Waals surface area contributed by atoms with Gasteiger partial charge in [0.05, 0.1) is 0 Å². The van der Waals surface area contributed by atoms with Crippen molar-refractivity contribution in [2.45, 2.75) is 70.3 Å². The van der Waals surface area contributed by atoms with E-state index in [1.165, 1.54) is 23.8 Å². The minimum absolute atomic E-state index is 0.00361. The quantitative estimate of drug-likeness (QED) is 0.378. The van der Waals surface area contributed by atoms with Crippen molar-refractivity contribution in [3.63, 3.8) is 0 Å². The molecule has 1 aliphatic rings. The highest BCUT2D eigenvalue weighted by molar-refractivity contribution is 7.88. The van der Waals surface area contributed by atoms with Gasteiger partial charge in [0.2, 0.25) is 0 Å². The van der Waals surface area contributed by atoms with Gasteiger partial charge < -0.3 is 9.08 Å². The van der Waals surface area contributed by atoms with Crippen LogP contribution in [-0.4, -0.2) is 26.0 Å². The summed E-state index contributed by atoms with van der Waals surface area (Å²) in [5, 5.41) is 0. The summed E-state index contributed by atoms with van der Waals surface area (Å²) in [5.74, 6) is 0.0417. The number of halogens is 3. The molecule has 0 fully saturated rings. The molecule has 2 aromatic rings. The minimum Gasteiger partial charge on any atom is -0.376 e. The molecule has 0 aromatic heterocycles.